The summed E-state index contributed by atoms with van der Waals surface area (Å²) in [6, 6.07) is 3.28. The van der Waals surface area contributed by atoms with Crippen LogP contribution in [-0.4, -0.2) is 33.5 Å². The highest BCUT2D eigenvalue weighted by Gasteiger charge is 2.04. The lowest BCUT2D eigenvalue weighted by Crippen LogP contribution is -2.09. The summed E-state index contributed by atoms with van der Waals surface area (Å²) in [4.78, 5) is 0. The van der Waals surface area contributed by atoms with Crippen molar-refractivity contribution in [2.45, 2.75) is 13.3 Å². The second-order valence-corrected chi connectivity index (χ2v) is 4.82. The molecule has 0 aliphatic carbocycles. The highest BCUT2D eigenvalue weighted by Crippen LogP contribution is 2.24. The zero-order chi connectivity index (χ0) is 13.4. The van der Waals surface area contributed by atoms with Crippen LogP contribution in [0.4, 0.5) is 10.1 Å². The molecule has 0 spiro atoms. The maximum Gasteiger partial charge on any atom is 0.137 e. The third-order valence-electron chi connectivity index (χ3n) is 2.48. The first-order valence-corrected chi connectivity index (χ1v) is 6.70. The maximum atomic E-state index is 13.2. The Morgan fingerprint density at radius 1 is 1.28 bits per heavy atom. The molecule has 0 aliphatic heterocycles. The third-order valence-corrected chi connectivity index (χ3v) is 3.09. The Morgan fingerprint density at radius 2 is 2.06 bits per heavy atom. The smallest absolute Gasteiger partial charge is 0.137 e. The monoisotopic (exact) mass is 319 g/mol. The van der Waals surface area contributed by atoms with E-state index in [0.717, 1.165) is 24.2 Å². The molecule has 3 nitrogen and oxygen atoms in total. The van der Waals surface area contributed by atoms with Crippen LogP contribution in [0.1, 0.15) is 12.0 Å². The minimum Gasteiger partial charge on any atom is -0.385 e. The van der Waals surface area contributed by atoms with Gasteiger partial charge in [-0.1, -0.05) is 0 Å². The van der Waals surface area contributed by atoms with Gasteiger partial charge in [0.25, 0.3) is 0 Å². The van der Waals surface area contributed by atoms with Crippen LogP contribution in [0.15, 0.2) is 16.6 Å². The summed E-state index contributed by atoms with van der Waals surface area (Å²) in [6.07, 6.45) is 0.901. The summed E-state index contributed by atoms with van der Waals surface area (Å²) < 4.78 is 23.9. The number of nitrogens with one attached hydrogen (secondary N) is 1. The minimum atomic E-state index is -0.235. The molecule has 102 valence electrons. The van der Waals surface area contributed by atoms with Gasteiger partial charge in [-0.3, -0.25) is 0 Å². The third kappa shape index (κ3) is 5.33. The van der Waals surface area contributed by atoms with Crippen molar-refractivity contribution >= 4 is 21.6 Å². The number of halogens is 2. The second kappa shape index (κ2) is 8.45. The number of hydrogen-bond acceptors (Lipinski definition) is 3. The number of benzene rings is 1. The van der Waals surface area contributed by atoms with Crippen LogP contribution in [0.2, 0.25) is 0 Å². The fraction of sp³-hybridized carbons (Fsp3) is 0.538. The van der Waals surface area contributed by atoms with Gasteiger partial charge in [-0.05, 0) is 47.0 Å². The van der Waals surface area contributed by atoms with Crippen molar-refractivity contribution in [1.82, 2.24) is 0 Å². The Bertz CT molecular complexity index is 374. The number of methoxy groups -OCH3 is 1. The number of rotatable bonds is 8. The zero-order valence-corrected chi connectivity index (χ0v) is 12.3. The molecule has 0 radical (unpaired) electrons. The molecule has 18 heavy (non-hydrogen) atoms. The molecule has 1 aromatic rings. The molecular formula is C13H19BrFNO2. The van der Waals surface area contributed by atoms with Crippen molar-refractivity contribution in [2.75, 3.05) is 38.8 Å². The van der Waals surface area contributed by atoms with E-state index in [-0.39, 0.29) is 5.82 Å². The van der Waals surface area contributed by atoms with Gasteiger partial charge in [0, 0.05) is 25.9 Å². The van der Waals surface area contributed by atoms with Gasteiger partial charge < -0.3 is 14.8 Å². The van der Waals surface area contributed by atoms with E-state index in [1.165, 1.54) is 6.07 Å². The molecule has 1 N–H and O–H groups in total. The molecule has 0 saturated heterocycles. The van der Waals surface area contributed by atoms with Gasteiger partial charge in [-0.2, -0.15) is 0 Å². The molecule has 0 unspecified atom stereocenters. The molecule has 0 aromatic heterocycles. The van der Waals surface area contributed by atoms with Crippen LogP contribution in [0.5, 0.6) is 0 Å². The Morgan fingerprint density at radius 3 is 2.78 bits per heavy atom. The van der Waals surface area contributed by atoms with Crippen molar-refractivity contribution in [1.29, 1.82) is 0 Å². The molecule has 0 aliphatic rings. The van der Waals surface area contributed by atoms with Gasteiger partial charge in [-0.25, -0.2) is 4.39 Å². The largest absolute Gasteiger partial charge is 0.385 e. The van der Waals surface area contributed by atoms with Crippen LogP contribution < -0.4 is 5.32 Å². The quantitative estimate of drug-likeness (QED) is 0.745. The van der Waals surface area contributed by atoms with E-state index in [0.29, 0.717) is 24.3 Å². The molecule has 0 fully saturated rings. The maximum absolute atomic E-state index is 13.2. The fourth-order valence-corrected chi connectivity index (χ4v) is 1.82. The standard InChI is InChI=1S/C13H19BrFNO2/c1-10-8-12(15)11(14)9-13(10)16-4-3-5-18-7-6-17-2/h8-9,16H,3-7H2,1-2H3. The summed E-state index contributed by atoms with van der Waals surface area (Å²) in [7, 11) is 1.65. The van der Waals surface area contributed by atoms with E-state index < -0.39 is 0 Å². The van der Waals surface area contributed by atoms with Gasteiger partial charge in [0.15, 0.2) is 0 Å². The van der Waals surface area contributed by atoms with Crippen LogP contribution >= 0.6 is 15.9 Å². The van der Waals surface area contributed by atoms with E-state index >= 15 is 0 Å². The normalized spacial score (nSPS) is 10.7. The first kappa shape index (κ1) is 15.4. The van der Waals surface area contributed by atoms with Gasteiger partial charge >= 0.3 is 0 Å². The highest BCUT2D eigenvalue weighted by molar-refractivity contribution is 9.10. The molecule has 0 bridgehead atoms. The number of hydrogen-bond donors (Lipinski definition) is 1. The average Bonchev–Trinajstić information content (AvgIpc) is 2.34. The topological polar surface area (TPSA) is 30.5 Å². The summed E-state index contributed by atoms with van der Waals surface area (Å²) in [5, 5.41) is 3.26. The Labute approximate surface area is 116 Å². The van der Waals surface area contributed by atoms with Crippen molar-refractivity contribution in [3.8, 4) is 0 Å². The summed E-state index contributed by atoms with van der Waals surface area (Å²) in [6.45, 7) is 4.62. The zero-order valence-electron chi connectivity index (χ0n) is 10.8. The van der Waals surface area contributed by atoms with Crippen molar-refractivity contribution in [3.63, 3.8) is 0 Å². The van der Waals surface area contributed by atoms with Crippen LogP contribution in [0.3, 0.4) is 0 Å². The predicted molar refractivity (Wildman–Crippen MR) is 74.6 cm³/mol. The Kier molecular flexibility index (Phi) is 7.23. The molecule has 0 amide bonds. The fourth-order valence-electron chi connectivity index (χ4n) is 1.48. The summed E-state index contributed by atoms with van der Waals surface area (Å²) >= 11 is 3.18. The first-order chi connectivity index (χ1) is 8.65. The number of anilines is 1. The molecule has 5 heteroatoms. The molecular weight excluding hydrogens is 301 g/mol. The van der Waals surface area contributed by atoms with Gasteiger partial charge in [0.2, 0.25) is 0 Å². The van der Waals surface area contributed by atoms with E-state index in [9.17, 15) is 4.39 Å². The number of aryl methyl sites for hydroxylation is 1. The van der Waals surface area contributed by atoms with E-state index in [1.807, 2.05) is 6.92 Å². The van der Waals surface area contributed by atoms with E-state index in [2.05, 4.69) is 21.2 Å². The number of ether oxygens (including phenoxy) is 2. The molecule has 0 atom stereocenters. The van der Waals surface area contributed by atoms with Crippen LogP contribution in [-0.2, 0) is 9.47 Å². The van der Waals surface area contributed by atoms with Crippen molar-refractivity contribution < 1.29 is 13.9 Å². The SMILES string of the molecule is COCCOCCCNc1cc(Br)c(F)cc1C. The average molecular weight is 320 g/mol. The van der Waals surface area contributed by atoms with Gasteiger partial charge in [-0.15, -0.1) is 0 Å². The Balaban J connectivity index is 2.25. The van der Waals surface area contributed by atoms with Crippen LogP contribution in [0.25, 0.3) is 0 Å². The lowest BCUT2D eigenvalue weighted by molar-refractivity contribution is 0.0705. The predicted octanol–water partition coefficient (Wildman–Crippen LogP) is 3.36. The van der Waals surface area contributed by atoms with Gasteiger partial charge in [0.05, 0.1) is 17.7 Å². The minimum absolute atomic E-state index is 0.235. The van der Waals surface area contributed by atoms with Crippen LogP contribution in [0, 0.1) is 12.7 Å². The van der Waals surface area contributed by atoms with Crippen molar-refractivity contribution in [2.24, 2.45) is 0 Å². The summed E-state index contributed by atoms with van der Waals surface area (Å²) in [5.74, 6) is -0.235. The molecule has 0 heterocycles. The lowest BCUT2D eigenvalue weighted by atomic mass is 10.2. The second-order valence-electron chi connectivity index (χ2n) is 3.97. The molecule has 1 aromatic carbocycles. The summed E-state index contributed by atoms with van der Waals surface area (Å²) in [5.41, 5.74) is 1.84. The lowest BCUT2D eigenvalue weighted by Gasteiger charge is -2.10. The van der Waals surface area contributed by atoms with E-state index in [4.69, 9.17) is 9.47 Å². The molecule has 1 rings (SSSR count). The van der Waals surface area contributed by atoms with Crippen molar-refractivity contribution in [3.05, 3.63) is 28.0 Å². The highest BCUT2D eigenvalue weighted by atomic mass is 79.9. The Hall–Kier alpha value is -0.650. The first-order valence-electron chi connectivity index (χ1n) is 5.91. The van der Waals surface area contributed by atoms with Gasteiger partial charge in [0.1, 0.15) is 5.82 Å². The molecule has 0 saturated carbocycles. The van der Waals surface area contributed by atoms with E-state index in [1.54, 1.807) is 13.2 Å².